The largest absolute Gasteiger partial charge is 0.465 e. The quantitative estimate of drug-likeness (QED) is 0.629. The summed E-state index contributed by atoms with van der Waals surface area (Å²) in [7, 11) is 1.30. The molecular formula is C12H9NO3. The first kappa shape index (κ1) is 10.3. The Morgan fingerprint density at radius 3 is 2.88 bits per heavy atom. The third-order valence-electron chi connectivity index (χ3n) is 2.38. The average Bonchev–Trinajstić information content (AvgIpc) is 2.30. The number of fused-ring (bicyclic) bond motifs is 1. The van der Waals surface area contributed by atoms with Crippen molar-refractivity contribution in [3.8, 4) is 0 Å². The molecule has 2 rings (SSSR count). The third kappa shape index (κ3) is 1.44. The SMILES string of the molecule is C=c1c(C(=O)OC)ccc2c1=NC=CC2=O. The maximum atomic E-state index is 11.5. The number of methoxy groups -OCH3 is 1. The predicted molar refractivity (Wildman–Crippen MR) is 57.6 cm³/mol. The van der Waals surface area contributed by atoms with Gasteiger partial charge in [-0.05, 0) is 12.1 Å². The van der Waals surface area contributed by atoms with Crippen LogP contribution in [0.2, 0.25) is 0 Å². The minimum absolute atomic E-state index is 0.133. The molecular weight excluding hydrogens is 206 g/mol. The molecule has 4 heteroatoms. The summed E-state index contributed by atoms with van der Waals surface area (Å²) in [4.78, 5) is 26.9. The van der Waals surface area contributed by atoms with Gasteiger partial charge in [-0.25, -0.2) is 4.79 Å². The molecule has 0 N–H and O–H groups in total. The second-order valence-electron chi connectivity index (χ2n) is 3.29. The fourth-order valence-electron chi connectivity index (χ4n) is 1.55. The maximum Gasteiger partial charge on any atom is 0.338 e. The van der Waals surface area contributed by atoms with Crippen molar-refractivity contribution in [2.75, 3.05) is 7.11 Å². The third-order valence-corrected chi connectivity index (χ3v) is 2.38. The Labute approximate surface area is 91.6 Å². The zero-order valence-corrected chi connectivity index (χ0v) is 8.69. The number of esters is 1. The number of allylic oxidation sites excluding steroid dienone is 1. The number of benzene rings is 1. The van der Waals surface area contributed by atoms with Gasteiger partial charge in [-0.15, -0.1) is 0 Å². The highest BCUT2D eigenvalue weighted by Gasteiger charge is 2.14. The summed E-state index contributed by atoms with van der Waals surface area (Å²) >= 11 is 0. The van der Waals surface area contributed by atoms with Crippen LogP contribution >= 0.6 is 0 Å². The Hall–Kier alpha value is -2.23. The Balaban J connectivity index is 2.76. The lowest BCUT2D eigenvalue weighted by Gasteiger charge is -2.05. The lowest BCUT2D eigenvalue weighted by Crippen LogP contribution is -2.35. The zero-order valence-electron chi connectivity index (χ0n) is 8.69. The van der Waals surface area contributed by atoms with Gasteiger partial charge < -0.3 is 4.74 Å². The number of hydrogen-bond donors (Lipinski definition) is 0. The van der Waals surface area contributed by atoms with E-state index in [0.717, 1.165) is 0 Å². The van der Waals surface area contributed by atoms with Gasteiger partial charge in [0.2, 0.25) is 0 Å². The number of ketones is 1. The van der Waals surface area contributed by atoms with Crippen molar-refractivity contribution in [3.63, 3.8) is 0 Å². The van der Waals surface area contributed by atoms with Gasteiger partial charge in [0.25, 0.3) is 0 Å². The van der Waals surface area contributed by atoms with Crippen LogP contribution < -0.4 is 10.6 Å². The van der Waals surface area contributed by atoms with E-state index < -0.39 is 5.97 Å². The molecule has 0 unspecified atom stereocenters. The van der Waals surface area contributed by atoms with Crippen LogP contribution in [-0.4, -0.2) is 18.9 Å². The lowest BCUT2D eigenvalue weighted by atomic mass is 10.0. The van der Waals surface area contributed by atoms with Crippen molar-refractivity contribution in [1.29, 1.82) is 0 Å². The Bertz CT molecular complexity index is 614. The lowest BCUT2D eigenvalue weighted by molar-refractivity contribution is 0.0599. The molecule has 0 bridgehead atoms. The maximum absolute atomic E-state index is 11.5. The van der Waals surface area contributed by atoms with Gasteiger partial charge in [0.05, 0.1) is 18.0 Å². The summed E-state index contributed by atoms with van der Waals surface area (Å²) < 4.78 is 4.61. The summed E-state index contributed by atoms with van der Waals surface area (Å²) in [5, 5.41) is 0.859. The zero-order chi connectivity index (χ0) is 11.7. The highest BCUT2D eigenvalue weighted by Crippen LogP contribution is 2.01. The fraction of sp³-hybridized carbons (Fsp3) is 0.0833. The molecule has 0 spiro atoms. The van der Waals surface area contributed by atoms with Gasteiger partial charge in [-0.2, -0.15) is 0 Å². The second kappa shape index (κ2) is 3.73. The fourth-order valence-corrected chi connectivity index (χ4v) is 1.55. The van der Waals surface area contributed by atoms with E-state index in [9.17, 15) is 9.59 Å². The first-order valence-electron chi connectivity index (χ1n) is 4.64. The van der Waals surface area contributed by atoms with Crippen molar-refractivity contribution < 1.29 is 14.3 Å². The molecule has 0 saturated heterocycles. The van der Waals surface area contributed by atoms with E-state index >= 15 is 0 Å². The molecule has 0 atom stereocenters. The van der Waals surface area contributed by atoms with Crippen LogP contribution in [0.15, 0.2) is 29.4 Å². The number of carbonyl (C=O) groups excluding carboxylic acids is 2. The molecule has 1 heterocycles. The molecule has 0 amide bonds. The van der Waals surface area contributed by atoms with E-state index in [-0.39, 0.29) is 5.78 Å². The smallest absolute Gasteiger partial charge is 0.338 e. The van der Waals surface area contributed by atoms with Crippen LogP contribution in [0.4, 0.5) is 0 Å². The summed E-state index contributed by atoms with van der Waals surface area (Å²) in [6.45, 7) is 3.76. The number of hydrogen-bond acceptors (Lipinski definition) is 4. The standard InChI is InChI=1S/C12H9NO3/c1-7-8(12(15)16-2)3-4-9-10(14)5-6-13-11(7)9/h3-6H,1H2,2H3. The van der Waals surface area contributed by atoms with Crippen LogP contribution in [-0.2, 0) is 4.74 Å². The van der Waals surface area contributed by atoms with Crippen LogP contribution in [0.3, 0.4) is 0 Å². The molecule has 1 aromatic rings. The highest BCUT2D eigenvalue weighted by molar-refractivity contribution is 6.05. The van der Waals surface area contributed by atoms with E-state index in [0.29, 0.717) is 21.7 Å². The minimum Gasteiger partial charge on any atom is -0.465 e. The first-order chi connectivity index (χ1) is 7.65. The van der Waals surface area contributed by atoms with Crippen molar-refractivity contribution in [1.82, 2.24) is 0 Å². The average molecular weight is 215 g/mol. The minimum atomic E-state index is -0.481. The summed E-state index contributed by atoms with van der Waals surface area (Å²) in [6.07, 6.45) is 2.78. The van der Waals surface area contributed by atoms with E-state index in [2.05, 4.69) is 16.3 Å². The van der Waals surface area contributed by atoms with Gasteiger partial charge in [-0.3, -0.25) is 9.79 Å². The topological polar surface area (TPSA) is 55.7 Å². The van der Waals surface area contributed by atoms with E-state index in [4.69, 9.17) is 0 Å². The molecule has 0 fully saturated rings. The predicted octanol–water partition coefficient (Wildman–Crippen LogP) is 0.213. The molecule has 1 aromatic carbocycles. The summed E-state index contributed by atoms with van der Waals surface area (Å²) in [5.74, 6) is -0.615. The van der Waals surface area contributed by atoms with Crippen LogP contribution in [0, 0.1) is 0 Å². The molecule has 4 nitrogen and oxygen atoms in total. The van der Waals surface area contributed by atoms with Crippen LogP contribution in [0.1, 0.15) is 20.7 Å². The van der Waals surface area contributed by atoms with Crippen LogP contribution in [0.5, 0.6) is 0 Å². The Kier molecular flexibility index (Phi) is 2.40. The molecule has 1 aliphatic heterocycles. The van der Waals surface area contributed by atoms with Crippen molar-refractivity contribution in [3.05, 3.63) is 46.1 Å². The van der Waals surface area contributed by atoms with Gasteiger partial charge in [-0.1, -0.05) is 6.58 Å². The number of rotatable bonds is 1. The normalized spacial score (nSPS) is 12.9. The molecule has 0 saturated carbocycles. The Morgan fingerprint density at radius 2 is 2.19 bits per heavy atom. The molecule has 0 aromatic heterocycles. The Morgan fingerprint density at radius 1 is 1.44 bits per heavy atom. The van der Waals surface area contributed by atoms with Crippen LogP contribution in [0.25, 0.3) is 6.58 Å². The highest BCUT2D eigenvalue weighted by atomic mass is 16.5. The summed E-state index contributed by atoms with van der Waals surface area (Å²) in [6, 6.07) is 3.09. The number of carbonyl (C=O) groups is 2. The van der Waals surface area contributed by atoms with Gasteiger partial charge in [0.1, 0.15) is 0 Å². The van der Waals surface area contributed by atoms with Crippen molar-refractivity contribution in [2.45, 2.75) is 0 Å². The van der Waals surface area contributed by atoms with E-state index in [1.165, 1.54) is 25.5 Å². The summed E-state index contributed by atoms with van der Waals surface area (Å²) in [5.41, 5.74) is 0.785. The second-order valence-corrected chi connectivity index (χ2v) is 3.29. The molecule has 0 aliphatic carbocycles. The molecule has 1 aliphatic rings. The van der Waals surface area contributed by atoms with Gasteiger partial charge >= 0.3 is 5.97 Å². The van der Waals surface area contributed by atoms with Crippen molar-refractivity contribution in [2.24, 2.45) is 4.99 Å². The molecule has 80 valence electrons. The van der Waals surface area contributed by atoms with Gasteiger partial charge in [0, 0.05) is 23.1 Å². The van der Waals surface area contributed by atoms with E-state index in [1.54, 1.807) is 6.07 Å². The van der Waals surface area contributed by atoms with E-state index in [1.807, 2.05) is 0 Å². The van der Waals surface area contributed by atoms with Crippen molar-refractivity contribution >= 4 is 18.3 Å². The molecule has 0 radical (unpaired) electrons. The molecule has 16 heavy (non-hydrogen) atoms. The number of nitrogens with zero attached hydrogens (tertiary/aromatic N) is 1. The first-order valence-corrected chi connectivity index (χ1v) is 4.64. The monoisotopic (exact) mass is 215 g/mol. The number of ether oxygens (including phenoxy) is 1. The van der Waals surface area contributed by atoms with Gasteiger partial charge in [0.15, 0.2) is 5.78 Å².